The fourth-order valence-electron chi connectivity index (χ4n) is 3.61. The number of benzene rings is 1. The summed E-state index contributed by atoms with van der Waals surface area (Å²) in [4.78, 5) is 38.3. The second kappa shape index (κ2) is 7.45. The smallest absolute Gasteiger partial charge is 0.325 e. The largest absolute Gasteiger partial charge is 0.348 e. The van der Waals surface area contributed by atoms with Crippen molar-refractivity contribution in [2.75, 3.05) is 6.54 Å². The molecule has 1 spiro atoms. The van der Waals surface area contributed by atoms with Crippen molar-refractivity contribution in [3.05, 3.63) is 33.8 Å². The van der Waals surface area contributed by atoms with Gasteiger partial charge in [0.1, 0.15) is 12.1 Å². The van der Waals surface area contributed by atoms with Crippen molar-refractivity contribution in [3.63, 3.8) is 0 Å². The summed E-state index contributed by atoms with van der Waals surface area (Å²) in [5.74, 6) is -0.695. The van der Waals surface area contributed by atoms with Crippen LogP contribution in [0.5, 0.6) is 0 Å². The van der Waals surface area contributed by atoms with Gasteiger partial charge in [0.2, 0.25) is 5.91 Å². The third-order valence-corrected chi connectivity index (χ3v) is 5.81. The summed E-state index contributed by atoms with van der Waals surface area (Å²) in [6, 6.07) is 4.28. The van der Waals surface area contributed by atoms with Crippen LogP contribution in [0.4, 0.5) is 4.79 Å². The molecule has 140 valence electrons. The van der Waals surface area contributed by atoms with Gasteiger partial charge in [-0.25, -0.2) is 4.79 Å². The molecule has 0 radical (unpaired) electrons. The van der Waals surface area contributed by atoms with E-state index in [1.807, 2.05) is 0 Å². The van der Waals surface area contributed by atoms with E-state index >= 15 is 0 Å². The van der Waals surface area contributed by atoms with E-state index in [0.717, 1.165) is 29.7 Å². The second-order valence-corrected chi connectivity index (χ2v) is 7.74. The van der Waals surface area contributed by atoms with E-state index in [1.165, 1.54) is 0 Å². The highest BCUT2D eigenvalue weighted by Crippen LogP contribution is 2.33. The highest BCUT2D eigenvalue weighted by atomic mass is 35.5. The van der Waals surface area contributed by atoms with Gasteiger partial charge in [-0.05, 0) is 37.5 Å². The molecule has 1 heterocycles. The Bertz CT molecular complexity index is 747. The quantitative estimate of drug-likeness (QED) is 0.763. The molecule has 4 amide bonds. The maximum absolute atomic E-state index is 12.7. The number of hydrogen-bond donors (Lipinski definition) is 2. The van der Waals surface area contributed by atoms with Crippen LogP contribution in [0.3, 0.4) is 0 Å². The van der Waals surface area contributed by atoms with Gasteiger partial charge in [0.05, 0.1) is 16.1 Å². The van der Waals surface area contributed by atoms with Gasteiger partial charge in [0, 0.05) is 0 Å². The molecule has 0 aromatic heterocycles. The molecule has 2 aliphatic rings. The maximum atomic E-state index is 12.7. The number of nitrogens with zero attached hydrogens (tertiary/aromatic N) is 1. The first-order chi connectivity index (χ1) is 12.3. The predicted molar refractivity (Wildman–Crippen MR) is 99.1 cm³/mol. The van der Waals surface area contributed by atoms with Crippen molar-refractivity contribution in [2.24, 2.45) is 0 Å². The van der Waals surface area contributed by atoms with E-state index in [9.17, 15) is 14.4 Å². The average Bonchev–Trinajstić information content (AvgIpc) is 2.82. The monoisotopic (exact) mass is 397 g/mol. The Morgan fingerprint density at radius 3 is 2.58 bits per heavy atom. The first-order valence-electron chi connectivity index (χ1n) is 8.71. The normalized spacial score (nSPS) is 20.2. The summed E-state index contributed by atoms with van der Waals surface area (Å²) in [5.41, 5.74) is -0.0287. The first kappa shape index (κ1) is 19.0. The summed E-state index contributed by atoms with van der Waals surface area (Å²) >= 11 is 11.9. The maximum Gasteiger partial charge on any atom is 0.325 e. The lowest BCUT2D eigenvalue weighted by atomic mass is 9.82. The third kappa shape index (κ3) is 3.67. The van der Waals surface area contributed by atoms with Gasteiger partial charge < -0.3 is 10.6 Å². The average molecular weight is 398 g/mol. The molecule has 6 nitrogen and oxygen atoms in total. The molecule has 0 bridgehead atoms. The van der Waals surface area contributed by atoms with Crippen molar-refractivity contribution in [1.29, 1.82) is 0 Å². The third-order valence-electron chi connectivity index (χ3n) is 5.08. The number of carbonyl (C=O) groups is 3. The lowest BCUT2D eigenvalue weighted by molar-refractivity contribution is -0.136. The van der Waals surface area contributed by atoms with Crippen LogP contribution in [-0.2, 0) is 9.59 Å². The Morgan fingerprint density at radius 2 is 1.92 bits per heavy atom. The number of urea groups is 1. The summed E-state index contributed by atoms with van der Waals surface area (Å²) in [6.45, 7) is 1.50. The SMILES string of the molecule is CC(NC(=O)CN1C(=O)NC2(CCCCC2)C1=O)c1ccc(Cl)c(Cl)c1. The van der Waals surface area contributed by atoms with Gasteiger partial charge in [-0.3, -0.25) is 14.5 Å². The Hall–Kier alpha value is -1.79. The summed E-state index contributed by atoms with van der Waals surface area (Å²) < 4.78 is 0. The number of rotatable bonds is 4. The molecular weight excluding hydrogens is 377 g/mol. The fourth-order valence-corrected chi connectivity index (χ4v) is 3.92. The molecule has 2 N–H and O–H groups in total. The Balaban J connectivity index is 1.63. The van der Waals surface area contributed by atoms with Crippen LogP contribution in [-0.4, -0.2) is 34.8 Å². The highest BCUT2D eigenvalue weighted by Gasteiger charge is 2.51. The lowest BCUT2D eigenvalue weighted by Gasteiger charge is -2.30. The molecule has 3 rings (SSSR count). The number of amides is 4. The van der Waals surface area contributed by atoms with Crippen LogP contribution in [0.1, 0.15) is 50.6 Å². The van der Waals surface area contributed by atoms with Gasteiger partial charge in [-0.2, -0.15) is 0 Å². The summed E-state index contributed by atoms with van der Waals surface area (Å²) in [6.07, 6.45) is 4.14. The number of nitrogens with one attached hydrogen (secondary N) is 2. The molecule has 1 aliphatic carbocycles. The van der Waals surface area contributed by atoms with Crippen LogP contribution in [0.2, 0.25) is 10.0 Å². The van der Waals surface area contributed by atoms with E-state index in [1.54, 1.807) is 25.1 Å². The number of hydrogen-bond acceptors (Lipinski definition) is 3. The number of carbonyl (C=O) groups excluding carboxylic acids is 3. The van der Waals surface area contributed by atoms with Gasteiger partial charge in [-0.1, -0.05) is 48.5 Å². The van der Waals surface area contributed by atoms with Crippen LogP contribution in [0.15, 0.2) is 18.2 Å². The van der Waals surface area contributed by atoms with Crippen LogP contribution >= 0.6 is 23.2 Å². The Kier molecular flexibility index (Phi) is 5.44. The molecule has 1 aromatic carbocycles. The minimum Gasteiger partial charge on any atom is -0.348 e. The van der Waals surface area contributed by atoms with Crippen LogP contribution in [0, 0.1) is 0 Å². The first-order valence-corrected chi connectivity index (χ1v) is 9.46. The zero-order valence-electron chi connectivity index (χ0n) is 14.5. The Labute approximate surface area is 162 Å². The van der Waals surface area contributed by atoms with Gasteiger partial charge in [0.25, 0.3) is 5.91 Å². The van der Waals surface area contributed by atoms with E-state index in [2.05, 4.69) is 10.6 Å². The van der Waals surface area contributed by atoms with Crippen LogP contribution < -0.4 is 10.6 Å². The van der Waals surface area contributed by atoms with E-state index in [4.69, 9.17) is 23.2 Å². The molecule has 2 fully saturated rings. The van der Waals surface area contributed by atoms with Gasteiger partial charge in [0.15, 0.2) is 0 Å². The van der Waals surface area contributed by atoms with Crippen molar-refractivity contribution >= 4 is 41.0 Å². The molecule has 26 heavy (non-hydrogen) atoms. The van der Waals surface area contributed by atoms with Crippen molar-refractivity contribution in [1.82, 2.24) is 15.5 Å². The molecule has 1 aliphatic heterocycles. The molecule has 1 saturated heterocycles. The van der Waals surface area contributed by atoms with E-state index in [0.29, 0.717) is 22.9 Å². The number of imide groups is 1. The lowest BCUT2D eigenvalue weighted by Crippen LogP contribution is -2.49. The number of halogens is 2. The van der Waals surface area contributed by atoms with E-state index in [-0.39, 0.29) is 18.5 Å². The van der Waals surface area contributed by atoms with Crippen molar-refractivity contribution in [2.45, 2.75) is 50.6 Å². The minimum absolute atomic E-state index is 0.292. The summed E-state index contributed by atoms with van der Waals surface area (Å²) in [7, 11) is 0. The molecule has 1 atom stereocenters. The molecule has 1 aromatic rings. The van der Waals surface area contributed by atoms with Crippen LogP contribution in [0.25, 0.3) is 0 Å². The van der Waals surface area contributed by atoms with Gasteiger partial charge in [-0.15, -0.1) is 0 Å². The standard InChI is InChI=1S/C18H21Cl2N3O3/c1-11(12-5-6-13(19)14(20)9-12)21-15(24)10-23-16(25)18(22-17(23)26)7-3-2-4-8-18/h5-6,9,11H,2-4,7-8,10H2,1H3,(H,21,24)(H,22,26). The minimum atomic E-state index is -0.815. The highest BCUT2D eigenvalue weighted by molar-refractivity contribution is 6.42. The molecule has 8 heteroatoms. The summed E-state index contributed by atoms with van der Waals surface area (Å²) in [5, 5.41) is 6.42. The zero-order valence-corrected chi connectivity index (χ0v) is 16.0. The van der Waals surface area contributed by atoms with E-state index < -0.39 is 17.5 Å². The van der Waals surface area contributed by atoms with Crippen molar-refractivity contribution in [3.8, 4) is 0 Å². The second-order valence-electron chi connectivity index (χ2n) is 6.93. The zero-order chi connectivity index (χ0) is 18.9. The topological polar surface area (TPSA) is 78.5 Å². The van der Waals surface area contributed by atoms with Gasteiger partial charge >= 0.3 is 6.03 Å². The molecular formula is C18H21Cl2N3O3. The fraction of sp³-hybridized carbons (Fsp3) is 0.500. The predicted octanol–water partition coefficient (Wildman–Crippen LogP) is 3.43. The molecule has 1 unspecified atom stereocenters. The Morgan fingerprint density at radius 1 is 1.23 bits per heavy atom. The molecule has 1 saturated carbocycles. The van der Waals surface area contributed by atoms with Crippen molar-refractivity contribution < 1.29 is 14.4 Å².